The van der Waals surface area contributed by atoms with Crippen molar-refractivity contribution in [1.82, 2.24) is 4.31 Å². The third kappa shape index (κ3) is 4.77. The lowest BCUT2D eigenvalue weighted by atomic mass is 9.87. The van der Waals surface area contributed by atoms with Gasteiger partial charge in [0.15, 0.2) is 6.10 Å². The van der Waals surface area contributed by atoms with Crippen LogP contribution in [-0.4, -0.2) is 45.4 Å². The zero-order chi connectivity index (χ0) is 23.0. The van der Waals surface area contributed by atoms with Gasteiger partial charge in [0.1, 0.15) is 5.75 Å². The van der Waals surface area contributed by atoms with Crippen molar-refractivity contribution in [1.29, 1.82) is 0 Å². The predicted molar refractivity (Wildman–Crippen MR) is 123 cm³/mol. The molecule has 6 nitrogen and oxygen atoms in total. The molecule has 7 heteroatoms. The summed E-state index contributed by atoms with van der Waals surface area (Å²) in [5.74, 6) is 0.560. The molecule has 1 aliphatic heterocycles. The van der Waals surface area contributed by atoms with Crippen LogP contribution in [0.25, 0.3) is 0 Å². The summed E-state index contributed by atoms with van der Waals surface area (Å²) in [7, 11) is -0.488. The molecular weight excluding hydrogens is 412 g/mol. The third-order valence-corrected chi connectivity index (χ3v) is 7.45. The summed E-state index contributed by atoms with van der Waals surface area (Å²) in [4.78, 5) is 15.2. The molecule has 0 unspecified atom stereocenters. The number of benzene rings is 2. The van der Waals surface area contributed by atoms with Crippen molar-refractivity contribution >= 4 is 21.6 Å². The van der Waals surface area contributed by atoms with Crippen LogP contribution in [0, 0.1) is 0 Å². The molecule has 0 fully saturated rings. The Morgan fingerprint density at radius 2 is 1.77 bits per heavy atom. The summed E-state index contributed by atoms with van der Waals surface area (Å²) in [6, 6.07) is 12.8. The van der Waals surface area contributed by atoms with E-state index in [1.54, 1.807) is 23.1 Å². The lowest BCUT2D eigenvalue weighted by Gasteiger charge is -2.25. The van der Waals surface area contributed by atoms with Crippen LogP contribution < -0.4 is 9.64 Å². The van der Waals surface area contributed by atoms with Crippen LogP contribution >= 0.6 is 0 Å². The van der Waals surface area contributed by atoms with Crippen molar-refractivity contribution in [2.24, 2.45) is 0 Å². The Morgan fingerprint density at radius 3 is 2.32 bits per heavy atom. The molecule has 3 rings (SSSR count). The van der Waals surface area contributed by atoms with Gasteiger partial charge < -0.3 is 9.64 Å². The van der Waals surface area contributed by atoms with Gasteiger partial charge in [-0.15, -0.1) is 0 Å². The minimum atomic E-state index is -3.51. The highest BCUT2D eigenvalue weighted by Crippen LogP contribution is 2.32. The normalized spacial score (nSPS) is 15.1. The van der Waals surface area contributed by atoms with Crippen LogP contribution in [0.2, 0.25) is 0 Å². The molecule has 1 aliphatic rings. The van der Waals surface area contributed by atoms with Gasteiger partial charge in [-0.05, 0) is 59.7 Å². The van der Waals surface area contributed by atoms with E-state index in [0.717, 1.165) is 11.3 Å². The van der Waals surface area contributed by atoms with Gasteiger partial charge in [0.25, 0.3) is 5.91 Å². The Morgan fingerprint density at radius 1 is 1.13 bits per heavy atom. The van der Waals surface area contributed by atoms with Gasteiger partial charge in [0.2, 0.25) is 10.0 Å². The molecule has 0 saturated heterocycles. The van der Waals surface area contributed by atoms with Crippen LogP contribution in [0.15, 0.2) is 47.4 Å². The first-order valence-electron chi connectivity index (χ1n) is 10.6. The van der Waals surface area contributed by atoms with E-state index in [-0.39, 0.29) is 16.2 Å². The van der Waals surface area contributed by atoms with Gasteiger partial charge in [-0.1, -0.05) is 39.8 Å². The standard InChI is InChI=1S/C24H32N2O4S/c1-7-22(30-19-10-8-18(9-11-19)24(2,3)4)23(27)26-15-14-17-16-20(12-13-21(17)26)31(28,29)25(5)6/h8-13,16,22H,7,14-15H2,1-6H3/t22-/m1/s1. The fourth-order valence-electron chi connectivity index (χ4n) is 3.66. The molecule has 2 aromatic carbocycles. The molecule has 1 amide bonds. The number of anilines is 1. The monoisotopic (exact) mass is 444 g/mol. The van der Waals surface area contributed by atoms with E-state index in [1.165, 1.54) is 24.0 Å². The number of amides is 1. The molecule has 0 aliphatic carbocycles. The Kier molecular flexibility index (Phi) is 6.48. The Hall–Kier alpha value is -2.38. The van der Waals surface area contributed by atoms with Crippen molar-refractivity contribution in [3.63, 3.8) is 0 Å². The van der Waals surface area contributed by atoms with E-state index in [4.69, 9.17) is 4.74 Å². The van der Waals surface area contributed by atoms with Crippen molar-refractivity contribution in [3.8, 4) is 5.75 Å². The lowest BCUT2D eigenvalue weighted by molar-refractivity contribution is -0.125. The van der Waals surface area contributed by atoms with Crippen LogP contribution in [0.1, 0.15) is 45.2 Å². The highest BCUT2D eigenvalue weighted by Gasteiger charge is 2.32. The van der Waals surface area contributed by atoms with Gasteiger partial charge in [-0.3, -0.25) is 4.79 Å². The summed E-state index contributed by atoms with van der Waals surface area (Å²) >= 11 is 0. The second-order valence-electron chi connectivity index (χ2n) is 9.11. The summed E-state index contributed by atoms with van der Waals surface area (Å²) in [6.07, 6.45) is 0.560. The number of hydrogen-bond acceptors (Lipinski definition) is 4. The summed E-state index contributed by atoms with van der Waals surface area (Å²) < 4.78 is 32.1. The smallest absolute Gasteiger partial charge is 0.268 e. The summed E-state index contributed by atoms with van der Waals surface area (Å²) in [5, 5.41) is 0. The van der Waals surface area contributed by atoms with E-state index in [0.29, 0.717) is 25.1 Å². The van der Waals surface area contributed by atoms with Gasteiger partial charge >= 0.3 is 0 Å². The van der Waals surface area contributed by atoms with Gasteiger partial charge in [0, 0.05) is 26.3 Å². The molecule has 0 spiro atoms. The molecule has 0 saturated carbocycles. The molecule has 0 bridgehead atoms. The molecule has 1 atom stereocenters. The number of rotatable bonds is 6. The van der Waals surface area contributed by atoms with Crippen LogP contribution in [-0.2, 0) is 26.7 Å². The molecule has 31 heavy (non-hydrogen) atoms. The minimum Gasteiger partial charge on any atom is -0.481 e. The molecule has 1 heterocycles. The van der Waals surface area contributed by atoms with E-state index >= 15 is 0 Å². The third-order valence-electron chi connectivity index (χ3n) is 5.64. The fraction of sp³-hybridized carbons (Fsp3) is 0.458. The first-order chi connectivity index (χ1) is 14.4. The van der Waals surface area contributed by atoms with Crippen LogP contribution in [0.5, 0.6) is 5.75 Å². The zero-order valence-corrected chi connectivity index (χ0v) is 20.0. The number of carbonyl (C=O) groups excluding carboxylic acids is 1. The first kappa shape index (κ1) is 23.3. The summed E-state index contributed by atoms with van der Waals surface area (Å²) in [6.45, 7) is 8.90. The fourth-order valence-corrected chi connectivity index (χ4v) is 4.61. The maximum Gasteiger partial charge on any atom is 0.268 e. The van der Waals surface area contributed by atoms with E-state index in [1.807, 2.05) is 31.2 Å². The topological polar surface area (TPSA) is 66.9 Å². The number of sulfonamides is 1. The van der Waals surface area contributed by atoms with Gasteiger partial charge in [0.05, 0.1) is 4.90 Å². The van der Waals surface area contributed by atoms with Crippen molar-refractivity contribution in [2.75, 3.05) is 25.5 Å². The number of fused-ring (bicyclic) bond motifs is 1. The number of nitrogens with zero attached hydrogens (tertiary/aromatic N) is 2. The lowest BCUT2D eigenvalue weighted by Crippen LogP contribution is -2.41. The average molecular weight is 445 g/mol. The van der Waals surface area contributed by atoms with E-state index in [2.05, 4.69) is 20.8 Å². The minimum absolute atomic E-state index is 0.0523. The molecule has 0 N–H and O–H groups in total. The maximum atomic E-state index is 13.2. The average Bonchev–Trinajstić information content (AvgIpc) is 3.14. The van der Waals surface area contributed by atoms with Crippen molar-refractivity contribution in [2.45, 2.75) is 57.0 Å². The second-order valence-corrected chi connectivity index (χ2v) is 11.3. The SMILES string of the molecule is CC[C@@H](Oc1ccc(C(C)(C)C)cc1)C(=O)N1CCc2cc(S(=O)(=O)N(C)C)ccc21. The Bertz CT molecular complexity index is 1050. The Balaban J connectivity index is 1.79. The highest BCUT2D eigenvalue weighted by molar-refractivity contribution is 7.89. The van der Waals surface area contributed by atoms with Crippen LogP contribution in [0.3, 0.4) is 0 Å². The zero-order valence-electron chi connectivity index (χ0n) is 19.2. The van der Waals surface area contributed by atoms with E-state index < -0.39 is 16.1 Å². The maximum absolute atomic E-state index is 13.2. The number of hydrogen-bond donors (Lipinski definition) is 0. The highest BCUT2D eigenvalue weighted by atomic mass is 32.2. The first-order valence-corrected chi connectivity index (χ1v) is 12.0. The van der Waals surface area contributed by atoms with Crippen molar-refractivity contribution < 1.29 is 17.9 Å². The van der Waals surface area contributed by atoms with Gasteiger partial charge in [-0.2, -0.15) is 0 Å². The molecule has 168 valence electrons. The molecular formula is C24H32N2O4S. The second kappa shape index (κ2) is 8.63. The molecule has 2 aromatic rings. The number of carbonyl (C=O) groups is 1. The Labute approximate surface area is 185 Å². The van der Waals surface area contributed by atoms with Crippen LogP contribution in [0.4, 0.5) is 5.69 Å². The molecule has 0 radical (unpaired) electrons. The van der Waals surface area contributed by atoms with Gasteiger partial charge in [-0.25, -0.2) is 12.7 Å². The van der Waals surface area contributed by atoms with E-state index in [9.17, 15) is 13.2 Å². The summed E-state index contributed by atoms with van der Waals surface area (Å²) in [5.41, 5.74) is 2.88. The predicted octanol–water partition coefficient (Wildman–Crippen LogP) is 3.98. The largest absolute Gasteiger partial charge is 0.481 e. The number of ether oxygens (including phenoxy) is 1. The molecule has 0 aromatic heterocycles. The van der Waals surface area contributed by atoms with Crippen molar-refractivity contribution in [3.05, 3.63) is 53.6 Å². The quantitative estimate of drug-likeness (QED) is 0.676.